The van der Waals surface area contributed by atoms with Crippen LogP contribution in [0, 0.1) is 19.3 Å². The predicted molar refractivity (Wildman–Crippen MR) is 104 cm³/mol. The third kappa shape index (κ3) is 3.89. The second-order valence-corrected chi connectivity index (χ2v) is 6.94. The van der Waals surface area contributed by atoms with Crippen molar-refractivity contribution in [1.29, 1.82) is 0 Å². The van der Waals surface area contributed by atoms with Gasteiger partial charge in [-0.05, 0) is 62.1 Å². The number of carbonyl (C=O) groups is 2. The van der Waals surface area contributed by atoms with Crippen LogP contribution in [0.4, 0.5) is 11.4 Å². The number of amides is 2. The van der Waals surface area contributed by atoms with Gasteiger partial charge in [-0.15, -0.1) is 0 Å². The number of rotatable bonds is 6. The topological polar surface area (TPSA) is 76.7 Å². The first-order valence-electron chi connectivity index (χ1n) is 8.81. The van der Waals surface area contributed by atoms with Crippen LogP contribution in [0.1, 0.15) is 24.0 Å². The van der Waals surface area contributed by atoms with E-state index in [1.54, 1.807) is 25.3 Å². The van der Waals surface area contributed by atoms with Crippen molar-refractivity contribution in [3.63, 3.8) is 0 Å². The van der Waals surface area contributed by atoms with Gasteiger partial charge in [0.05, 0.1) is 14.2 Å². The van der Waals surface area contributed by atoms with E-state index in [1.807, 2.05) is 32.0 Å². The third-order valence-electron chi connectivity index (χ3n) is 4.74. The SMILES string of the molecule is COc1ccc(NC(=O)C2(C(=O)Nc3cc(C)cc(C)c3)CC2)cc1OC. The fourth-order valence-corrected chi connectivity index (χ4v) is 3.14. The van der Waals surface area contributed by atoms with Crippen LogP contribution in [0.2, 0.25) is 0 Å². The van der Waals surface area contributed by atoms with Gasteiger partial charge in [0.15, 0.2) is 11.5 Å². The Morgan fingerprint density at radius 3 is 1.89 bits per heavy atom. The van der Waals surface area contributed by atoms with Crippen LogP contribution in [0.3, 0.4) is 0 Å². The summed E-state index contributed by atoms with van der Waals surface area (Å²) < 4.78 is 10.5. The largest absolute Gasteiger partial charge is 0.493 e. The molecular weight excluding hydrogens is 344 g/mol. The molecule has 1 saturated carbocycles. The summed E-state index contributed by atoms with van der Waals surface area (Å²) in [6, 6.07) is 10.9. The normalized spacial score (nSPS) is 14.2. The summed E-state index contributed by atoms with van der Waals surface area (Å²) in [6.45, 7) is 3.94. The first-order chi connectivity index (χ1) is 12.9. The lowest BCUT2D eigenvalue weighted by molar-refractivity contribution is -0.131. The number of anilines is 2. The number of carbonyl (C=O) groups excluding carboxylic acids is 2. The molecule has 0 unspecified atom stereocenters. The third-order valence-corrected chi connectivity index (χ3v) is 4.74. The van der Waals surface area contributed by atoms with Gasteiger partial charge < -0.3 is 20.1 Å². The van der Waals surface area contributed by atoms with Gasteiger partial charge >= 0.3 is 0 Å². The van der Waals surface area contributed by atoms with Gasteiger partial charge in [-0.2, -0.15) is 0 Å². The van der Waals surface area contributed by atoms with Crippen molar-refractivity contribution in [2.24, 2.45) is 5.41 Å². The summed E-state index contributed by atoms with van der Waals surface area (Å²) >= 11 is 0. The maximum absolute atomic E-state index is 12.8. The molecule has 0 heterocycles. The number of hydrogen-bond acceptors (Lipinski definition) is 4. The van der Waals surface area contributed by atoms with E-state index < -0.39 is 5.41 Å². The Labute approximate surface area is 158 Å². The Kier molecular flexibility index (Phi) is 5.08. The smallest absolute Gasteiger partial charge is 0.240 e. The van der Waals surface area contributed by atoms with E-state index in [1.165, 1.54) is 7.11 Å². The van der Waals surface area contributed by atoms with Gasteiger partial charge in [-0.1, -0.05) is 6.07 Å². The van der Waals surface area contributed by atoms with E-state index in [0.29, 0.717) is 35.7 Å². The van der Waals surface area contributed by atoms with E-state index in [-0.39, 0.29) is 11.8 Å². The molecule has 3 rings (SSSR count). The predicted octanol–water partition coefficient (Wildman–Crippen LogP) is 3.68. The summed E-state index contributed by atoms with van der Waals surface area (Å²) in [7, 11) is 3.08. The second kappa shape index (κ2) is 7.31. The first kappa shape index (κ1) is 18.8. The van der Waals surface area contributed by atoms with Gasteiger partial charge in [0.25, 0.3) is 0 Å². The number of methoxy groups -OCH3 is 2. The molecule has 142 valence electrons. The minimum absolute atomic E-state index is 0.273. The van der Waals surface area contributed by atoms with E-state index >= 15 is 0 Å². The Morgan fingerprint density at radius 1 is 0.815 bits per heavy atom. The summed E-state index contributed by atoms with van der Waals surface area (Å²) in [5, 5.41) is 5.71. The van der Waals surface area contributed by atoms with E-state index in [2.05, 4.69) is 10.6 Å². The zero-order chi connectivity index (χ0) is 19.6. The lowest BCUT2D eigenvalue weighted by atomic mass is 10.0. The van der Waals surface area contributed by atoms with Crippen molar-refractivity contribution >= 4 is 23.2 Å². The molecule has 0 atom stereocenters. The van der Waals surface area contributed by atoms with Crippen molar-refractivity contribution in [2.45, 2.75) is 26.7 Å². The molecular formula is C21H24N2O4. The lowest BCUT2D eigenvalue weighted by Crippen LogP contribution is -2.35. The highest BCUT2D eigenvalue weighted by Gasteiger charge is 2.56. The molecule has 0 spiro atoms. The molecule has 2 aromatic rings. The number of benzene rings is 2. The van der Waals surface area contributed by atoms with Crippen LogP contribution in [0.25, 0.3) is 0 Å². The number of nitrogens with one attached hydrogen (secondary N) is 2. The van der Waals surface area contributed by atoms with Crippen molar-refractivity contribution < 1.29 is 19.1 Å². The number of hydrogen-bond donors (Lipinski definition) is 2. The van der Waals surface area contributed by atoms with Gasteiger partial charge in [0, 0.05) is 17.4 Å². The van der Waals surface area contributed by atoms with Crippen LogP contribution in [-0.4, -0.2) is 26.0 Å². The molecule has 2 aromatic carbocycles. The molecule has 0 aromatic heterocycles. The number of ether oxygens (including phenoxy) is 2. The highest BCUT2D eigenvalue weighted by molar-refractivity contribution is 6.17. The monoisotopic (exact) mass is 368 g/mol. The Hall–Kier alpha value is -3.02. The fraction of sp³-hybridized carbons (Fsp3) is 0.333. The van der Waals surface area contributed by atoms with E-state index in [0.717, 1.165) is 11.1 Å². The second-order valence-electron chi connectivity index (χ2n) is 6.94. The average Bonchev–Trinajstić information content (AvgIpc) is 3.42. The highest BCUT2D eigenvalue weighted by atomic mass is 16.5. The highest BCUT2D eigenvalue weighted by Crippen LogP contribution is 2.47. The van der Waals surface area contributed by atoms with Gasteiger partial charge in [0.2, 0.25) is 11.8 Å². The van der Waals surface area contributed by atoms with Crippen LogP contribution in [0.5, 0.6) is 11.5 Å². The zero-order valence-electron chi connectivity index (χ0n) is 16.0. The molecule has 2 amide bonds. The molecule has 27 heavy (non-hydrogen) atoms. The summed E-state index contributed by atoms with van der Waals surface area (Å²) in [5.74, 6) is 0.506. The zero-order valence-corrected chi connectivity index (χ0v) is 16.0. The molecule has 0 radical (unpaired) electrons. The quantitative estimate of drug-likeness (QED) is 0.763. The van der Waals surface area contributed by atoms with Crippen molar-refractivity contribution in [2.75, 3.05) is 24.9 Å². The molecule has 1 aliphatic rings. The minimum Gasteiger partial charge on any atom is -0.493 e. The molecule has 6 heteroatoms. The Morgan fingerprint density at radius 2 is 1.37 bits per heavy atom. The standard InChI is InChI=1S/C21H24N2O4/c1-13-9-14(2)11-16(10-13)23-20(25)21(7-8-21)19(24)22-15-5-6-17(26-3)18(12-15)27-4/h5-6,9-12H,7-8H2,1-4H3,(H,22,24)(H,23,25). The number of aryl methyl sites for hydroxylation is 2. The van der Waals surface area contributed by atoms with Crippen molar-refractivity contribution in [3.05, 3.63) is 47.5 Å². The Bertz CT molecular complexity index is 867. The molecule has 1 fully saturated rings. The average molecular weight is 368 g/mol. The summed E-state index contributed by atoms with van der Waals surface area (Å²) in [4.78, 5) is 25.5. The summed E-state index contributed by atoms with van der Waals surface area (Å²) in [5.41, 5.74) is 2.37. The van der Waals surface area contributed by atoms with Crippen molar-refractivity contribution in [3.8, 4) is 11.5 Å². The van der Waals surface area contributed by atoms with Crippen LogP contribution in [-0.2, 0) is 9.59 Å². The van der Waals surface area contributed by atoms with Crippen LogP contribution >= 0.6 is 0 Å². The fourth-order valence-electron chi connectivity index (χ4n) is 3.14. The molecule has 1 aliphatic carbocycles. The molecule has 0 saturated heterocycles. The van der Waals surface area contributed by atoms with Crippen LogP contribution in [0.15, 0.2) is 36.4 Å². The molecule has 0 bridgehead atoms. The summed E-state index contributed by atoms with van der Waals surface area (Å²) in [6.07, 6.45) is 1.06. The van der Waals surface area contributed by atoms with E-state index in [4.69, 9.17) is 9.47 Å². The lowest BCUT2D eigenvalue weighted by Gasteiger charge is -2.17. The van der Waals surface area contributed by atoms with Crippen molar-refractivity contribution in [1.82, 2.24) is 0 Å². The Balaban J connectivity index is 1.73. The van der Waals surface area contributed by atoms with Gasteiger partial charge in [0.1, 0.15) is 5.41 Å². The molecule has 0 aliphatic heterocycles. The van der Waals surface area contributed by atoms with Gasteiger partial charge in [-0.25, -0.2) is 0 Å². The maximum Gasteiger partial charge on any atom is 0.240 e. The molecule has 6 nitrogen and oxygen atoms in total. The first-order valence-corrected chi connectivity index (χ1v) is 8.81. The minimum atomic E-state index is -1.02. The van der Waals surface area contributed by atoms with Gasteiger partial charge in [-0.3, -0.25) is 9.59 Å². The van der Waals surface area contributed by atoms with E-state index in [9.17, 15) is 9.59 Å². The molecule has 2 N–H and O–H groups in total. The van der Waals surface area contributed by atoms with Crippen LogP contribution < -0.4 is 20.1 Å². The maximum atomic E-state index is 12.8.